The highest BCUT2D eigenvalue weighted by Gasteiger charge is 2.10. The molecule has 80 valence electrons. The number of aromatic nitrogens is 2. The molecule has 0 radical (unpaired) electrons. The monoisotopic (exact) mass is 211 g/mol. The molecule has 7 heteroatoms. The summed E-state index contributed by atoms with van der Waals surface area (Å²) < 4.78 is 5.61. The van der Waals surface area contributed by atoms with Gasteiger partial charge in [-0.1, -0.05) is 0 Å². The van der Waals surface area contributed by atoms with Crippen molar-refractivity contribution in [3.05, 3.63) is 28.4 Å². The van der Waals surface area contributed by atoms with Crippen LogP contribution in [0.1, 0.15) is 17.4 Å². The Labute approximate surface area is 84.5 Å². The van der Waals surface area contributed by atoms with E-state index in [9.17, 15) is 14.4 Å². The standard InChI is InChI=1S/C8H9N3O4/c1-5(12)15-4-11-3-2-10-6(7(9)13)8(11)14/h2-3H,4H2,1H3,(H2,9,13). The Morgan fingerprint density at radius 2 is 2.27 bits per heavy atom. The zero-order valence-corrected chi connectivity index (χ0v) is 7.97. The third-order valence-electron chi connectivity index (χ3n) is 1.55. The lowest BCUT2D eigenvalue weighted by molar-refractivity contribution is -0.144. The molecule has 0 saturated heterocycles. The number of ether oxygens (including phenoxy) is 1. The van der Waals surface area contributed by atoms with E-state index in [4.69, 9.17) is 5.73 Å². The molecule has 1 heterocycles. The summed E-state index contributed by atoms with van der Waals surface area (Å²) in [7, 11) is 0. The van der Waals surface area contributed by atoms with Crippen molar-refractivity contribution in [2.24, 2.45) is 5.73 Å². The first-order chi connectivity index (χ1) is 7.02. The van der Waals surface area contributed by atoms with E-state index in [1.807, 2.05) is 0 Å². The highest BCUT2D eigenvalue weighted by molar-refractivity contribution is 5.90. The van der Waals surface area contributed by atoms with Crippen LogP contribution in [0.2, 0.25) is 0 Å². The number of hydrogen-bond donors (Lipinski definition) is 1. The summed E-state index contributed by atoms with van der Waals surface area (Å²) in [6.45, 7) is 0.943. The third kappa shape index (κ3) is 2.63. The Bertz CT molecular complexity index is 451. The van der Waals surface area contributed by atoms with Gasteiger partial charge in [0.25, 0.3) is 11.5 Å². The first-order valence-electron chi connectivity index (χ1n) is 4.01. The Morgan fingerprint density at radius 3 is 2.80 bits per heavy atom. The van der Waals surface area contributed by atoms with Crippen molar-refractivity contribution in [2.45, 2.75) is 13.7 Å². The van der Waals surface area contributed by atoms with E-state index >= 15 is 0 Å². The van der Waals surface area contributed by atoms with Gasteiger partial charge in [-0.05, 0) is 0 Å². The minimum Gasteiger partial charge on any atom is -0.444 e. The summed E-state index contributed by atoms with van der Waals surface area (Å²) in [5.41, 5.74) is 3.84. The smallest absolute Gasteiger partial charge is 0.304 e. The molecule has 0 spiro atoms. The molecule has 0 aliphatic carbocycles. The predicted octanol–water partition coefficient (Wildman–Crippen LogP) is -1.14. The molecule has 0 bridgehead atoms. The lowest BCUT2D eigenvalue weighted by Crippen LogP contribution is -2.31. The highest BCUT2D eigenvalue weighted by atomic mass is 16.5. The number of esters is 1. The number of rotatable bonds is 3. The largest absolute Gasteiger partial charge is 0.444 e. The maximum Gasteiger partial charge on any atom is 0.304 e. The average molecular weight is 211 g/mol. The quantitative estimate of drug-likeness (QED) is 0.636. The predicted molar refractivity (Wildman–Crippen MR) is 48.8 cm³/mol. The van der Waals surface area contributed by atoms with Crippen molar-refractivity contribution in [2.75, 3.05) is 0 Å². The fraction of sp³-hybridized carbons (Fsp3) is 0.250. The normalized spacial score (nSPS) is 9.67. The van der Waals surface area contributed by atoms with Gasteiger partial charge in [0.2, 0.25) is 0 Å². The molecule has 0 aromatic carbocycles. The Hall–Kier alpha value is -2.18. The van der Waals surface area contributed by atoms with E-state index in [1.165, 1.54) is 19.3 Å². The van der Waals surface area contributed by atoms with Crippen molar-refractivity contribution in [1.29, 1.82) is 0 Å². The van der Waals surface area contributed by atoms with E-state index in [-0.39, 0.29) is 12.4 Å². The summed E-state index contributed by atoms with van der Waals surface area (Å²) in [4.78, 5) is 36.2. The van der Waals surface area contributed by atoms with Gasteiger partial charge in [-0.25, -0.2) is 4.98 Å². The lowest BCUT2D eigenvalue weighted by atomic mass is 10.4. The minimum atomic E-state index is -0.919. The van der Waals surface area contributed by atoms with E-state index in [2.05, 4.69) is 9.72 Å². The number of amides is 1. The van der Waals surface area contributed by atoms with E-state index in [0.29, 0.717) is 0 Å². The number of nitrogens with zero attached hydrogens (tertiary/aromatic N) is 2. The number of carbonyl (C=O) groups is 2. The second-order valence-electron chi connectivity index (χ2n) is 2.68. The van der Waals surface area contributed by atoms with Gasteiger partial charge in [0.05, 0.1) is 0 Å². The minimum absolute atomic E-state index is 0.267. The number of nitrogens with two attached hydrogens (primary N) is 1. The molecule has 1 rings (SSSR count). The Morgan fingerprint density at radius 1 is 1.60 bits per heavy atom. The van der Waals surface area contributed by atoms with Gasteiger partial charge in [-0.3, -0.25) is 19.0 Å². The van der Waals surface area contributed by atoms with Crippen molar-refractivity contribution >= 4 is 11.9 Å². The van der Waals surface area contributed by atoms with Crippen molar-refractivity contribution < 1.29 is 14.3 Å². The Kier molecular flexibility index (Phi) is 3.17. The summed E-state index contributed by atoms with van der Waals surface area (Å²) in [5.74, 6) is -1.45. The number of carbonyl (C=O) groups excluding carboxylic acids is 2. The molecule has 1 aromatic heterocycles. The molecule has 1 amide bonds. The maximum atomic E-state index is 11.4. The molecule has 0 fully saturated rings. The molecule has 0 saturated carbocycles. The number of hydrogen-bond acceptors (Lipinski definition) is 5. The van der Waals surface area contributed by atoms with Crippen LogP contribution in [0.5, 0.6) is 0 Å². The fourth-order valence-corrected chi connectivity index (χ4v) is 0.878. The first kappa shape index (κ1) is 10.9. The third-order valence-corrected chi connectivity index (χ3v) is 1.55. The van der Waals surface area contributed by atoms with Gasteiger partial charge in [-0.15, -0.1) is 0 Å². The highest BCUT2D eigenvalue weighted by Crippen LogP contribution is 1.87. The summed E-state index contributed by atoms with van der Waals surface area (Å²) in [6, 6.07) is 0. The second-order valence-corrected chi connectivity index (χ2v) is 2.68. The zero-order valence-electron chi connectivity index (χ0n) is 7.97. The molecule has 1 aromatic rings. The van der Waals surface area contributed by atoms with Crippen LogP contribution in [0.25, 0.3) is 0 Å². The van der Waals surface area contributed by atoms with E-state index in [1.54, 1.807) is 0 Å². The van der Waals surface area contributed by atoms with Gasteiger partial charge in [0.15, 0.2) is 12.4 Å². The van der Waals surface area contributed by atoms with Gasteiger partial charge in [0, 0.05) is 19.3 Å². The van der Waals surface area contributed by atoms with Crippen LogP contribution in [0.4, 0.5) is 0 Å². The first-order valence-corrected chi connectivity index (χ1v) is 4.01. The lowest BCUT2D eigenvalue weighted by Gasteiger charge is -2.05. The summed E-state index contributed by atoms with van der Waals surface area (Å²) in [6.07, 6.45) is 2.52. The van der Waals surface area contributed by atoms with Crippen LogP contribution in [-0.2, 0) is 16.3 Å². The van der Waals surface area contributed by atoms with Crippen LogP contribution < -0.4 is 11.3 Å². The molecule has 0 aliphatic heterocycles. The molecule has 2 N–H and O–H groups in total. The average Bonchev–Trinajstić information content (AvgIpc) is 2.15. The Balaban J connectivity index is 3.00. The van der Waals surface area contributed by atoms with Crippen LogP contribution >= 0.6 is 0 Å². The molecule has 15 heavy (non-hydrogen) atoms. The molecule has 0 atom stereocenters. The molecule has 0 unspecified atom stereocenters. The van der Waals surface area contributed by atoms with E-state index < -0.39 is 17.4 Å². The van der Waals surface area contributed by atoms with Crippen molar-refractivity contribution in [3.63, 3.8) is 0 Å². The van der Waals surface area contributed by atoms with Gasteiger partial charge in [-0.2, -0.15) is 0 Å². The van der Waals surface area contributed by atoms with Gasteiger partial charge in [0.1, 0.15) is 0 Å². The number of primary amides is 1. The second kappa shape index (κ2) is 4.36. The maximum absolute atomic E-state index is 11.4. The summed E-state index contributed by atoms with van der Waals surface area (Å²) in [5, 5.41) is 0. The topological polar surface area (TPSA) is 104 Å². The molecule has 0 aliphatic rings. The van der Waals surface area contributed by atoms with Gasteiger partial charge < -0.3 is 10.5 Å². The molecular weight excluding hydrogens is 202 g/mol. The van der Waals surface area contributed by atoms with Crippen LogP contribution in [0.15, 0.2) is 17.2 Å². The van der Waals surface area contributed by atoms with Crippen LogP contribution in [0, 0.1) is 0 Å². The molecule has 7 nitrogen and oxygen atoms in total. The van der Waals surface area contributed by atoms with Crippen LogP contribution in [-0.4, -0.2) is 21.4 Å². The van der Waals surface area contributed by atoms with Gasteiger partial charge >= 0.3 is 5.97 Å². The fourth-order valence-electron chi connectivity index (χ4n) is 0.878. The zero-order chi connectivity index (χ0) is 11.4. The van der Waals surface area contributed by atoms with Crippen molar-refractivity contribution in [3.8, 4) is 0 Å². The molecular formula is C8H9N3O4. The SMILES string of the molecule is CC(=O)OCn1ccnc(C(N)=O)c1=O. The van der Waals surface area contributed by atoms with Crippen molar-refractivity contribution in [1.82, 2.24) is 9.55 Å². The van der Waals surface area contributed by atoms with E-state index in [0.717, 1.165) is 4.57 Å². The summed E-state index contributed by atoms with van der Waals surface area (Å²) >= 11 is 0. The van der Waals surface area contributed by atoms with Crippen LogP contribution in [0.3, 0.4) is 0 Å².